The molecular weight excluding hydrogens is 194 g/mol. The first-order valence-corrected chi connectivity index (χ1v) is 4.36. The molecule has 1 fully saturated rings. The number of carbonyl (C=O) groups is 3. The van der Waals surface area contributed by atoms with Crippen molar-refractivity contribution in [1.29, 1.82) is 0 Å². The van der Waals surface area contributed by atoms with Gasteiger partial charge in [0.05, 0.1) is 4.91 Å². The van der Waals surface area contributed by atoms with Crippen molar-refractivity contribution in [1.82, 2.24) is 4.90 Å². The number of carboxylic acid groups (broad SMARTS) is 1. The maximum absolute atomic E-state index is 11.2. The van der Waals surface area contributed by atoms with E-state index in [2.05, 4.69) is 0 Å². The molecule has 2 amide bonds. The molecule has 0 unspecified atom stereocenters. The summed E-state index contributed by atoms with van der Waals surface area (Å²) in [5.41, 5.74) is 0. The van der Waals surface area contributed by atoms with Crippen molar-refractivity contribution in [2.24, 2.45) is 0 Å². The van der Waals surface area contributed by atoms with Crippen molar-refractivity contribution >= 4 is 28.9 Å². The third-order valence-electron chi connectivity index (χ3n) is 1.44. The van der Waals surface area contributed by atoms with Gasteiger partial charge in [0.25, 0.3) is 11.1 Å². The van der Waals surface area contributed by atoms with E-state index in [9.17, 15) is 14.4 Å². The maximum Gasteiger partial charge on any atom is 0.329 e. The Morgan fingerprint density at radius 2 is 2.23 bits per heavy atom. The van der Waals surface area contributed by atoms with Gasteiger partial charge in [0, 0.05) is 12.6 Å². The van der Waals surface area contributed by atoms with Gasteiger partial charge in [-0.2, -0.15) is 0 Å². The fraction of sp³-hybridized carbons (Fsp3) is 0.286. The van der Waals surface area contributed by atoms with Crippen LogP contribution in [0.1, 0.15) is 6.92 Å². The van der Waals surface area contributed by atoms with Gasteiger partial charge in [-0.25, -0.2) is 4.79 Å². The average Bonchev–Trinajstić information content (AvgIpc) is 2.26. The van der Waals surface area contributed by atoms with Crippen LogP contribution in [0.2, 0.25) is 0 Å². The van der Waals surface area contributed by atoms with Crippen molar-refractivity contribution < 1.29 is 19.5 Å². The van der Waals surface area contributed by atoms with Gasteiger partial charge in [0.15, 0.2) is 0 Å². The number of likely N-dealkylation sites (N-methyl/N-ethyl adjacent to an activating group) is 1. The molecule has 1 N–H and O–H groups in total. The zero-order chi connectivity index (χ0) is 10.0. The molecule has 0 aromatic heterocycles. The summed E-state index contributed by atoms with van der Waals surface area (Å²) in [5.74, 6) is -1.75. The zero-order valence-electron chi connectivity index (χ0n) is 6.81. The van der Waals surface area contributed by atoms with Gasteiger partial charge in [-0.3, -0.25) is 14.5 Å². The van der Waals surface area contributed by atoms with Crippen molar-refractivity contribution in [2.75, 3.05) is 6.54 Å². The number of rotatable bonds is 2. The summed E-state index contributed by atoms with van der Waals surface area (Å²) in [4.78, 5) is 33.5. The highest BCUT2D eigenvalue weighted by Crippen LogP contribution is 2.29. The Balaban J connectivity index is 2.91. The minimum Gasteiger partial charge on any atom is -0.478 e. The number of amides is 2. The number of hydrogen-bond acceptors (Lipinski definition) is 4. The first-order chi connectivity index (χ1) is 6.06. The lowest BCUT2D eigenvalue weighted by Crippen LogP contribution is -2.27. The summed E-state index contributed by atoms with van der Waals surface area (Å²) in [6.07, 6.45) is 0.751. The molecule has 0 aromatic rings. The molecule has 1 aliphatic heterocycles. The smallest absolute Gasteiger partial charge is 0.329 e. The van der Waals surface area contributed by atoms with Gasteiger partial charge < -0.3 is 5.11 Å². The highest BCUT2D eigenvalue weighted by molar-refractivity contribution is 8.18. The summed E-state index contributed by atoms with van der Waals surface area (Å²) in [6.45, 7) is 1.92. The normalized spacial score (nSPS) is 20.1. The van der Waals surface area contributed by atoms with Gasteiger partial charge in [0.2, 0.25) is 0 Å². The van der Waals surface area contributed by atoms with Crippen LogP contribution in [-0.4, -0.2) is 33.7 Å². The monoisotopic (exact) mass is 201 g/mol. The van der Waals surface area contributed by atoms with Crippen LogP contribution in [0.15, 0.2) is 11.0 Å². The fourth-order valence-electron chi connectivity index (χ4n) is 0.885. The number of aliphatic carboxylic acids is 1. The summed E-state index contributed by atoms with van der Waals surface area (Å²) in [6, 6.07) is 0. The van der Waals surface area contributed by atoms with E-state index in [0.717, 1.165) is 11.0 Å². The van der Waals surface area contributed by atoms with E-state index in [1.165, 1.54) is 0 Å². The first-order valence-electron chi connectivity index (χ1n) is 3.54. The van der Waals surface area contributed by atoms with Crippen LogP contribution in [0.3, 0.4) is 0 Å². The van der Waals surface area contributed by atoms with Crippen molar-refractivity contribution in [3.05, 3.63) is 11.0 Å². The van der Waals surface area contributed by atoms with Crippen LogP contribution in [-0.2, 0) is 9.59 Å². The molecular formula is C7H7NO4S. The predicted molar refractivity (Wildman–Crippen MR) is 46.1 cm³/mol. The van der Waals surface area contributed by atoms with E-state index < -0.39 is 17.1 Å². The third-order valence-corrected chi connectivity index (χ3v) is 2.35. The topological polar surface area (TPSA) is 74.7 Å². The average molecular weight is 201 g/mol. The number of carbonyl (C=O) groups excluding carboxylic acids is 2. The number of carboxylic acids is 1. The first kappa shape index (κ1) is 9.79. The second-order valence-corrected chi connectivity index (χ2v) is 3.26. The molecule has 0 atom stereocenters. The number of thioether (sulfide) groups is 1. The summed E-state index contributed by atoms with van der Waals surface area (Å²) in [7, 11) is 0. The Hall–Kier alpha value is -1.30. The summed E-state index contributed by atoms with van der Waals surface area (Å²) < 4.78 is 0. The predicted octanol–water partition coefficient (Wildman–Crippen LogP) is 0.670. The van der Waals surface area contributed by atoms with E-state index in [4.69, 9.17) is 5.11 Å². The molecule has 5 nitrogen and oxygen atoms in total. The van der Waals surface area contributed by atoms with Gasteiger partial charge in [-0.05, 0) is 18.7 Å². The molecule has 0 saturated carbocycles. The lowest BCUT2D eigenvalue weighted by atomic mass is 10.4. The second kappa shape index (κ2) is 3.61. The molecule has 70 valence electrons. The number of nitrogens with zero attached hydrogens (tertiary/aromatic N) is 1. The SMILES string of the molecule is CCN1C(=O)S/C(=C/C(=O)O)C1=O. The molecule has 1 heterocycles. The van der Waals surface area contributed by atoms with Crippen LogP contribution in [0.25, 0.3) is 0 Å². The molecule has 0 radical (unpaired) electrons. The van der Waals surface area contributed by atoms with Crippen molar-refractivity contribution in [2.45, 2.75) is 6.92 Å². The fourth-order valence-corrected chi connectivity index (χ4v) is 1.75. The van der Waals surface area contributed by atoms with Gasteiger partial charge in [-0.15, -0.1) is 0 Å². The van der Waals surface area contributed by atoms with Crippen LogP contribution < -0.4 is 0 Å². The highest BCUT2D eigenvalue weighted by atomic mass is 32.2. The third kappa shape index (κ3) is 1.89. The van der Waals surface area contributed by atoms with Crippen LogP contribution >= 0.6 is 11.8 Å². The maximum atomic E-state index is 11.2. The van der Waals surface area contributed by atoms with Gasteiger partial charge >= 0.3 is 5.97 Å². The quantitative estimate of drug-likeness (QED) is 0.664. The van der Waals surface area contributed by atoms with Gasteiger partial charge in [0.1, 0.15) is 0 Å². The largest absolute Gasteiger partial charge is 0.478 e. The van der Waals surface area contributed by atoms with Crippen molar-refractivity contribution in [3.8, 4) is 0 Å². The molecule has 0 spiro atoms. The van der Waals surface area contributed by atoms with E-state index >= 15 is 0 Å². The van der Waals surface area contributed by atoms with Crippen molar-refractivity contribution in [3.63, 3.8) is 0 Å². The molecule has 0 bridgehead atoms. The van der Waals surface area contributed by atoms with E-state index in [0.29, 0.717) is 11.8 Å². The van der Waals surface area contributed by atoms with Crippen LogP contribution in [0.5, 0.6) is 0 Å². The Morgan fingerprint density at radius 3 is 2.62 bits per heavy atom. The molecule has 0 aliphatic carbocycles. The summed E-state index contributed by atoms with van der Waals surface area (Å²) >= 11 is 0.652. The Morgan fingerprint density at radius 1 is 1.62 bits per heavy atom. The highest BCUT2D eigenvalue weighted by Gasteiger charge is 2.34. The Kier molecular flexibility index (Phi) is 2.72. The Bertz CT molecular complexity index is 310. The standard InChI is InChI=1S/C7H7NO4S/c1-2-8-6(11)4(3-5(9)10)13-7(8)12/h3H,2H2,1H3,(H,9,10)/b4-3+. The lowest BCUT2D eigenvalue weighted by molar-refractivity contribution is -0.132. The van der Waals surface area contributed by atoms with E-state index in [1.807, 2.05) is 0 Å². The Labute approximate surface area is 78.4 Å². The lowest BCUT2D eigenvalue weighted by Gasteiger charge is -2.06. The molecule has 1 saturated heterocycles. The molecule has 13 heavy (non-hydrogen) atoms. The minimum absolute atomic E-state index is 0.0284. The van der Waals surface area contributed by atoms with Crippen LogP contribution in [0, 0.1) is 0 Å². The van der Waals surface area contributed by atoms with Gasteiger partial charge in [-0.1, -0.05) is 0 Å². The van der Waals surface area contributed by atoms with E-state index in [-0.39, 0.29) is 11.4 Å². The van der Waals surface area contributed by atoms with Crippen LogP contribution in [0.4, 0.5) is 4.79 Å². The molecule has 1 rings (SSSR count). The number of hydrogen-bond donors (Lipinski definition) is 1. The summed E-state index contributed by atoms with van der Waals surface area (Å²) in [5, 5.41) is 7.95. The van der Waals surface area contributed by atoms with E-state index in [1.54, 1.807) is 6.92 Å². The minimum atomic E-state index is -1.22. The second-order valence-electron chi connectivity index (χ2n) is 2.26. The molecule has 0 aromatic carbocycles. The molecule has 1 aliphatic rings. The zero-order valence-corrected chi connectivity index (χ0v) is 7.63. The molecule has 6 heteroatoms. The number of imide groups is 1.